The van der Waals surface area contributed by atoms with Gasteiger partial charge in [0.25, 0.3) is 5.91 Å². The van der Waals surface area contributed by atoms with Gasteiger partial charge in [-0.05, 0) is 6.07 Å². The Hall–Kier alpha value is -2.19. The van der Waals surface area contributed by atoms with E-state index in [1.54, 1.807) is 24.1 Å². The molecule has 1 aliphatic heterocycles. The smallest absolute Gasteiger partial charge is 0.254 e. The van der Waals surface area contributed by atoms with Crippen LogP contribution in [0.5, 0.6) is 5.88 Å². The number of methoxy groups -OCH3 is 2. The predicted octanol–water partition coefficient (Wildman–Crippen LogP) is 0.0839. The Balaban J connectivity index is 2.21. The number of amides is 2. The lowest BCUT2D eigenvalue weighted by atomic mass is 9.98. The number of carbonyl (C=O) groups is 2. The molecule has 0 spiro atoms. The Morgan fingerprint density at radius 3 is 2.92 bits per heavy atom. The molecule has 2 rings (SSSR count). The summed E-state index contributed by atoms with van der Waals surface area (Å²) in [6.45, 7) is 1.32. The molecule has 24 heavy (non-hydrogen) atoms. The SMILES string of the molecule is CNC(=O)CC1(OC)COCCN(C(=O)c2ccnc(OC)c2)C1. The first kappa shape index (κ1) is 18.2. The molecule has 0 radical (unpaired) electrons. The molecule has 1 aromatic rings. The second-order valence-electron chi connectivity index (χ2n) is 5.60. The molecule has 2 heterocycles. The molecule has 0 aromatic carbocycles. The van der Waals surface area contributed by atoms with Crippen LogP contribution in [-0.4, -0.2) is 74.9 Å². The lowest BCUT2D eigenvalue weighted by Crippen LogP contribution is -2.50. The molecule has 1 fully saturated rings. The van der Waals surface area contributed by atoms with Gasteiger partial charge in [-0.25, -0.2) is 4.98 Å². The lowest BCUT2D eigenvalue weighted by Gasteiger charge is -2.33. The first-order valence-electron chi connectivity index (χ1n) is 7.66. The summed E-state index contributed by atoms with van der Waals surface area (Å²) in [5.41, 5.74) is -0.405. The number of nitrogens with zero attached hydrogens (tertiary/aromatic N) is 2. The van der Waals surface area contributed by atoms with Gasteiger partial charge in [0.2, 0.25) is 11.8 Å². The molecule has 132 valence electrons. The van der Waals surface area contributed by atoms with Crippen molar-refractivity contribution in [1.29, 1.82) is 0 Å². The summed E-state index contributed by atoms with van der Waals surface area (Å²) in [6.07, 6.45) is 1.64. The number of rotatable bonds is 5. The van der Waals surface area contributed by atoms with Crippen molar-refractivity contribution in [3.63, 3.8) is 0 Å². The number of carbonyl (C=O) groups excluding carboxylic acids is 2. The van der Waals surface area contributed by atoms with E-state index in [-0.39, 0.29) is 31.4 Å². The van der Waals surface area contributed by atoms with Gasteiger partial charge in [0.1, 0.15) is 5.60 Å². The third-order valence-electron chi connectivity index (χ3n) is 4.02. The zero-order chi connectivity index (χ0) is 17.6. The second kappa shape index (κ2) is 8.07. The molecule has 0 saturated carbocycles. The van der Waals surface area contributed by atoms with Crippen LogP contribution in [0.3, 0.4) is 0 Å². The maximum absolute atomic E-state index is 12.8. The maximum Gasteiger partial charge on any atom is 0.254 e. The van der Waals surface area contributed by atoms with Crippen LogP contribution < -0.4 is 10.1 Å². The first-order valence-corrected chi connectivity index (χ1v) is 7.66. The minimum atomic E-state index is -0.872. The Bertz CT molecular complexity index is 595. The summed E-state index contributed by atoms with van der Waals surface area (Å²) >= 11 is 0. The topological polar surface area (TPSA) is 90.0 Å². The van der Waals surface area contributed by atoms with Crippen molar-refractivity contribution >= 4 is 11.8 Å². The third-order valence-corrected chi connectivity index (χ3v) is 4.02. The van der Waals surface area contributed by atoms with E-state index in [1.165, 1.54) is 20.4 Å². The molecule has 1 unspecified atom stereocenters. The van der Waals surface area contributed by atoms with Crippen LogP contribution in [0.1, 0.15) is 16.8 Å². The average Bonchev–Trinajstić information content (AvgIpc) is 2.84. The quantitative estimate of drug-likeness (QED) is 0.819. The fraction of sp³-hybridized carbons (Fsp3) is 0.562. The predicted molar refractivity (Wildman–Crippen MR) is 85.9 cm³/mol. The van der Waals surface area contributed by atoms with E-state index in [0.717, 1.165) is 0 Å². The van der Waals surface area contributed by atoms with Crippen molar-refractivity contribution in [1.82, 2.24) is 15.2 Å². The fourth-order valence-corrected chi connectivity index (χ4v) is 2.60. The highest BCUT2D eigenvalue weighted by Gasteiger charge is 2.38. The van der Waals surface area contributed by atoms with Gasteiger partial charge in [0.05, 0.1) is 33.3 Å². The molecule has 1 saturated heterocycles. The lowest BCUT2D eigenvalue weighted by molar-refractivity contribution is -0.131. The largest absolute Gasteiger partial charge is 0.481 e. The van der Waals surface area contributed by atoms with Gasteiger partial charge in [-0.3, -0.25) is 9.59 Å². The zero-order valence-electron chi connectivity index (χ0n) is 14.2. The molecule has 0 bridgehead atoms. The van der Waals surface area contributed by atoms with Gasteiger partial charge in [-0.2, -0.15) is 0 Å². The monoisotopic (exact) mass is 337 g/mol. The summed E-state index contributed by atoms with van der Waals surface area (Å²) in [7, 11) is 4.58. The molecule has 1 aromatic heterocycles. The van der Waals surface area contributed by atoms with Crippen molar-refractivity contribution in [3.8, 4) is 5.88 Å². The number of pyridine rings is 1. The van der Waals surface area contributed by atoms with Gasteiger partial charge >= 0.3 is 0 Å². The fourth-order valence-electron chi connectivity index (χ4n) is 2.60. The normalized spacial score (nSPS) is 21.0. The van der Waals surface area contributed by atoms with E-state index in [0.29, 0.717) is 24.6 Å². The van der Waals surface area contributed by atoms with Crippen LogP contribution in [0.4, 0.5) is 0 Å². The van der Waals surface area contributed by atoms with Crippen LogP contribution in [0.25, 0.3) is 0 Å². The number of nitrogens with one attached hydrogen (secondary N) is 1. The number of hydrogen-bond acceptors (Lipinski definition) is 6. The molecular formula is C16H23N3O5. The minimum absolute atomic E-state index is 0.115. The number of aromatic nitrogens is 1. The standard InChI is InChI=1S/C16H23N3O5/c1-17-13(20)9-16(23-3)10-19(6-7-24-11-16)15(21)12-4-5-18-14(8-12)22-2/h4-5,8H,6-7,9-11H2,1-3H3,(H,17,20). The van der Waals surface area contributed by atoms with Crippen LogP contribution in [0.2, 0.25) is 0 Å². The highest BCUT2D eigenvalue weighted by atomic mass is 16.5. The van der Waals surface area contributed by atoms with Crippen molar-refractivity contribution in [2.45, 2.75) is 12.0 Å². The zero-order valence-corrected chi connectivity index (χ0v) is 14.2. The summed E-state index contributed by atoms with van der Waals surface area (Å²) in [5.74, 6) is 0.0233. The van der Waals surface area contributed by atoms with Crippen molar-refractivity contribution < 1.29 is 23.8 Å². The number of ether oxygens (including phenoxy) is 3. The molecule has 1 N–H and O–H groups in total. The maximum atomic E-state index is 12.8. The van der Waals surface area contributed by atoms with E-state index in [1.807, 2.05) is 0 Å². The van der Waals surface area contributed by atoms with E-state index in [2.05, 4.69) is 10.3 Å². The highest BCUT2D eigenvalue weighted by Crippen LogP contribution is 2.22. The average molecular weight is 337 g/mol. The van der Waals surface area contributed by atoms with Crippen molar-refractivity contribution in [2.24, 2.45) is 0 Å². The molecule has 2 amide bonds. The second-order valence-corrected chi connectivity index (χ2v) is 5.60. The van der Waals surface area contributed by atoms with Gasteiger partial charge in [-0.15, -0.1) is 0 Å². The van der Waals surface area contributed by atoms with E-state index < -0.39 is 5.60 Å². The molecule has 8 heteroatoms. The molecule has 0 aliphatic carbocycles. The minimum Gasteiger partial charge on any atom is -0.481 e. The van der Waals surface area contributed by atoms with Crippen LogP contribution in [-0.2, 0) is 14.3 Å². The molecule has 8 nitrogen and oxygen atoms in total. The van der Waals surface area contributed by atoms with Gasteiger partial charge in [-0.1, -0.05) is 0 Å². The van der Waals surface area contributed by atoms with Gasteiger partial charge in [0.15, 0.2) is 0 Å². The molecule has 1 aliphatic rings. The van der Waals surface area contributed by atoms with Crippen molar-refractivity contribution in [3.05, 3.63) is 23.9 Å². The van der Waals surface area contributed by atoms with Crippen LogP contribution in [0.15, 0.2) is 18.3 Å². The first-order chi connectivity index (χ1) is 11.5. The summed E-state index contributed by atoms with van der Waals surface area (Å²) in [5, 5.41) is 2.58. The molecule has 1 atom stereocenters. The van der Waals surface area contributed by atoms with E-state index in [4.69, 9.17) is 14.2 Å². The summed E-state index contributed by atoms with van der Waals surface area (Å²) in [6, 6.07) is 3.21. The van der Waals surface area contributed by atoms with Gasteiger partial charge in [0, 0.05) is 38.5 Å². The van der Waals surface area contributed by atoms with E-state index in [9.17, 15) is 9.59 Å². The molecular weight excluding hydrogens is 314 g/mol. The summed E-state index contributed by atoms with van der Waals surface area (Å²) < 4.78 is 16.2. The van der Waals surface area contributed by atoms with Crippen LogP contribution >= 0.6 is 0 Å². The highest BCUT2D eigenvalue weighted by molar-refractivity contribution is 5.94. The Morgan fingerprint density at radius 1 is 1.46 bits per heavy atom. The van der Waals surface area contributed by atoms with Gasteiger partial charge < -0.3 is 24.4 Å². The number of hydrogen-bond donors (Lipinski definition) is 1. The Morgan fingerprint density at radius 2 is 2.25 bits per heavy atom. The van der Waals surface area contributed by atoms with Crippen LogP contribution in [0, 0.1) is 0 Å². The van der Waals surface area contributed by atoms with Crippen molar-refractivity contribution in [2.75, 3.05) is 47.6 Å². The van der Waals surface area contributed by atoms with E-state index >= 15 is 0 Å². The third kappa shape index (κ3) is 4.21. The Kier molecular flexibility index (Phi) is 6.10. The Labute approximate surface area is 141 Å². The summed E-state index contributed by atoms with van der Waals surface area (Å²) in [4.78, 5) is 30.3.